The Kier molecular flexibility index (Phi) is 10.2. The summed E-state index contributed by atoms with van der Waals surface area (Å²) in [5, 5.41) is 3.31. The van der Waals surface area contributed by atoms with E-state index in [0.717, 1.165) is 22.5 Å². The average molecular weight is 529 g/mol. The third kappa shape index (κ3) is 7.89. The van der Waals surface area contributed by atoms with E-state index in [0.29, 0.717) is 6.42 Å². The number of halogens is 2. The molecule has 0 fully saturated rings. The normalized spacial score (nSPS) is 13.1. The molecule has 1 N–H and O–H groups in total. The molecule has 0 saturated carbocycles. The van der Waals surface area contributed by atoms with Gasteiger partial charge in [-0.3, -0.25) is 13.9 Å². The van der Waals surface area contributed by atoms with Crippen molar-refractivity contribution in [3.05, 3.63) is 64.1 Å². The van der Waals surface area contributed by atoms with Crippen molar-refractivity contribution in [1.29, 1.82) is 0 Å². The summed E-state index contributed by atoms with van der Waals surface area (Å²) in [5.41, 5.74) is 1.09. The van der Waals surface area contributed by atoms with Crippen molar-refractivity contribution in [2.24, 2.45) is 0 Å². The number of benzene rings is 2. The molecule has 0 radical (unpaired) electrons. The number of hydrogen-bond acceptors (Lipinski definition) is 4. The topological polar surface area (TPSA) is 86.8 Å². The predicted octanol–water partition coefficient (Wildman–Crippen LogP) is 4.13. The zero-order valence-electron chi connectivity index (χ0n) is 19.8. The van der Waals surface area contributed by atoms with E-state index < -0.39 is 28.5 Å². The molecule has 2 atom stereocenters. The first kappa shape index (κ1) is 28.0. The zero-order chi connectivity index (χ0) is 25.5. The Morgan fingerprint density at radius 1 is 1.06 bits per heavy atom. The fraction of sp³-hybridized carbons (Fsp3) is 0.417. The van der Waals surface area contributed by atoms with Crippen LogP contribution in [0.2, 0.25) is 10.0 Å². The SMILES string of the molecule is CC[C@@H](C)NC(=O)[C@@H](C)N(CCc1ccccc1)C(=O)CN(c1cc(Cl)ccc1Cl)S(C)(=O)=O. The molecule has 2 aromatic carbocycles. The van der Waals surface area contributed by atoms with Crippen molar-refractivity contribution in [2.75, 3.05) is 23.7 Å². The smallest absolute Gasteiger partial charge is 0.244 e. The van der Waals surface area contributed by atoms with Crippen LogP contribution < -0.4 is 9.62 Å². The number of amides is 2. The molecule has 2 amide bonds. The van der Waals surface area contributed by atoms with Crippen LogP contribution in [0.15, 0.2) is 48.5 Å². The largest absolute Gasteiger partial charge is 0.352 e. The third-order valence-electron chi connectivity index (χ3n) is 5.51. The summed E-state index contributed by atoms with van der Waals surface area (Å²) in [7, 11) is -3.88. The van der Waals surface area contributed by atoms with E-state index in [1.807, 2.05) is 44.2 Å². The lowest BCUT2D eigenvalue weighted by Gasteiger charge is -2.32. The summed E-state index contributed by atoms with van der Waals surface area (Å²) in [6.45, 7) is 5.19. The van der Waals surface area contributed by atoms with Crippen molar-refractivity contribution in [1.82, 2.24) is 10.2 Å². The summed E-state index contributed by atoms with van der Waals surface area (Å²) in [6.07, 6.45) is 2.24. The minimum atomic E-state index is -3.88. The number of carbonyl (C=O) groups is 2. The summed E-state index contributed by atoms with van der Waals surface area (Å²) in [6, 6.07) is 13.1. The Bertz CT molecular complexity index is 1100. The number of hydrogen-bond donors (Lipinski definition) is 1. The Morgan fingerprint density at radius 2 is 1.71 bits per heavy atom. The van der Waals surface area contributed by atoms with E-state index >= 15 is 0 Å². The van der Waals surface area contributed by atoms with Crippen molar-refractivity contribution in [3.8, 4) is 0 Å². The molecule has 0 aromatic heterocycles. The van der Waals surface area contributed by atoms with E-state index in [1.54, 1.807) is 6.92 Å². The van der Waals surface area contributed by atoms with Crippen LogP contribution >= 0.6 is 23.2 Å². The highest BCUT2D eigenvalue weighted by Gasteiger charge is 2.31. The molecule has 0 heterocycles. The van der Waals surface area contributed by atoms with E-state index in [9.17, 15) is 18.0 Å². The molecular weight excluding hydrogens is 497 g/mol. The van der Waals surface area contributed by atoms with E-state index in [4.69, 9.17) is 23.2 Å². The molecule has 0 aliphatic rings. The molecule has 2 aromatic rings. The fourth-order valence-corrected chi connectivity index (χ4v) is 4.60. The standard InChI is InChI=1S/C24H31Cl2N3O4S/c1-5-17(2)27-24(31)18(3)28(14-13-19-9-7-6-8-10-19)23(30)16-29(34(4,32)33)22-15-20(25)11-12-21(22)26/h6-12,15,17-18H,5,13-14,16H2,1-4H3,(H,27,31)/t17-,18-/m1/s1. The van der Waals surface area contributed by atoms with Crippen LogP contribution in [0, 0.1) is 0 Å². The van der Waals surface area contributed by atoms with Gasteiger partial charge in [0.25, 0.3) is 0 Å². The minimum absolute atomic E-state index is 0.0567. The predicted molar refractivity (Wildman–Crippen MR) is 138 cm³/mol. The van der Waals surface area contributed by atoms with Crippen molar-refractivity contribution >= 4 is 50.7 Å². The van der Waals surface area contributed by atoms with Gasteiger partial charge in [0.05, 0.1) is 17.0 Å². The molecule has 7 nitrogen and oxygen atoms in total. The third-order valence-corrected chi connectivity index (χ3v) is 7.19. The second-order valence-corrected chi connectivity index (χ2v) is 10.9. The van der Waals surface area contributed by atoms with Crippen LogP contribution in [0.4, 0.5) is 5.69 Å². The number of rotatable bonds is 11. The highest BCUT2D eigenvalue weighted by Crippen LogP contribution is 2.30. The number of nitrogens with zero attached hydrogens (tertiary/aromatic N) is 2. The van der Waals surface area contributed by atoms with Crippen LogP contribution in [0.1, 0.15) is 32.8 Å². The zero-order valence-corrected chi connectivity index (χ0v) is 22.1. The summed E-state index contributed by atoms with van der Waals surface area (Å²) in [5.74, 6) is -0.827. The van der Waals surface area contributed by atoms with Gasteiger partial charge in [-0.2, -0.15) is 0 Å². The van der Waals surface area contributed by atoms with E-state index in [-0.39, 0.29) is 34.2 Å². The van der Waals surface area contributed by atoms with Crippen LogP contribution in [0.5, 0.6) is 0 Å². The molecule has 0 aliphatic carbocycles. The van der Waals surface area contributed by atoms with Gasteiger partial charge < -0.3 is 10.2 Å². The Balaban J connectivity index is 2.35. The van der Waals surface area contributed by atoms with Gasteiger partial charge in [0, 0.05) is 17.6 Å². The lowest BCUT2D eigenvalue weighted by Crippen LogP contribution is -2.53. The summed E-state index contributed by atoms with van der Waals surface area (Å²) in [4.78, 5) is 27.7. The first-order valence-corrected chi connectivity index (χ1v) is 13.6. The van der Waals surface area contributed by atoms with Crippen LogP contribution in [0.3, 0.4) is 0 Å². The average Bonchev–Trinajstić information content (AvgIpc) is 2.79. The highest BCUT2D eigenvalue weighted by atomic mass is 35.5. The molecule has 0 unspecified atom stereocenters. The second kappa shape index (κ2) is 12.4. The highest BCUT2D eigenvalue weighted by molar-refractivity contribution is 7.92. The first-order chi connectivity index (χ1) is 15.9. The van der Waals surface area contributed by atoms with Gasteiger partial charge in [-0.1, -0.05) is 60.5 Å². The number of anilines is 1. The molecule has 34 heavy (non-hydrogen) atoms. The van der Waals surface area contributed by atoms with Crippen LogP contribution in [0.25, 0.3) is 0 Å². The fourth-order valence-electron chi connectivity index (χ4n) is 3.31. The van der Waals surface area contributed by atoms with Gasteiger partial charge in [0.1, 0.15) is 12.6 Å². The summed E-state index contributed by atoms with van der Waals surface area (Å²) >= 11 is 12.3. The lowest BCUT2D eigenvalue weighted by molar-refractivity contribution is -0.139. The number of carbonyl (C=O) groups excluding carboxylic acids is 2. The number of sulfonamides is 1. The Hall–Kier alpha value is -2.29. The Morgan fingerprint density at radius 3 is 2.29 bits per heavy atom. The molecular formula is C24H31Cl2N3O4S. The quantitative estimate of drug-likeness (QED) is 0.475. The van der Waals surface area contributed by atoms with Crippen molar-refractivity contribution < 1.29 is 18.0 Å². The van der Waals surface area contributed by atoms with Gasteiger partial charge in [-0.25, -0.2) is 8.42 Å². The monoisotopic (exact) mass is 527 g/mol. The Labute approximate surface area is 212 Å². The lowest BCUT2D eigenvalue weighted by atomic mass is 10.1. The minimum Gasteiger partial charge on any atom is -0.352 e. The summed E-state index contributed by atoms with van der Waals surface area (Å²) < 4.78 is 26.1. The molecule has 0 bridgehead atoms. The molecule has 10 heteroatoms. The van der Waals surface area contributed by atoms with Gasteiger partial charge in [-0.15, -0.1) is 0 Å². The van der Waals surface area contributed by atoms with Gasteiger partial charge in [-0.05, 0) is 50.5 Å². The van der Waals surface area contributed by atoms with E-state index in [2.05, 4.69) is 5.32 Å². The van der Waals surface area contributed by atoms with Gasteiger partial charge in [0.15, 0.2) is 0 Å². The molecule has 186 valence electrons. The maximum atomic E-state index is 13.5. The second-order valence-electron chi connectivity index (χ2n) is 8.18. The maximum absolute atomic E-state index is 13.5. The maximum Gasteiger partial charge on any atom is 0.244 e. The van der Waals surface area contributed by atoms with Crippen molar-refractivity contribution in [3.63, 3.8) is 0 Å². The molecule has 0 spiro atoms. The van der Waals surface area contributed by atoms with Crippen LogP contribution in [-0.2, 0) is 26.0 Å². The molecule has 2 rings (SSSR count). The van der Waals surface area contributed by atoms with Crippen molar-refractivity contribution in [2.45, 2.75) is 45.7 Å². The van der Waals surface area contributed by atoms with Crippen LogP contribution in [-0.4, -0.2) is 56.6 Å². The molecule has 0 aliphatic heterocycles. The van der Waals surface area contributed by atoms with Gasteiger partial charge >= 0.3 is 0 Å². The number of nitrogens with one attached hydrogen (secondary N) is 1. The first-order valence-electron chi connectivity index (χ1n) is 11.0. The van der Waals surface area contributed by atoms with E-state index in [1.165, 1.54) is 23.1 Å². The van der Waals surface area contributed by atoms with Gasteiger partial charge in [0.2, 0.25) is 21.8 Å². The molecule has 0 saturated heterocycles.